The third kappa shape index (κ3) is 3.83. The number of benzene rings is 2. The highest BCUT2D eigenvalue weighted by Crippen LogP contribution is 2.28. The molecule has 0 spiro atoms. The van der Waals surface area contributed by atoms with Gasteiger partial charge in [-0.2, -0.15) is 0 Å². The van der Waals surface area contributed by atoms with Gasteiger partial charge in [0.05, 0.1) is 18.7 Å². The van der Waals surface area contributed by atoms with Crippen molar-refractivity contribution in [1.29, 1.82) is 0 Å². The molecule has 0 radical (unpaired) electrons. The molecule has 1 aliphatic rings. The minimum atomic E-state index is -0.470. The van der Waals surface area contributed by atoms with Gasteiger partial charge >= 0.3 is 0 Å². The van der Waals surface area contributed by atoms with Gasteiger partial charge in [0.1, 0.15) is 11.6 Å². The van der Waals surface area contributed by atoms with Gasteiger partial charge in [0.15, 0.2) is 5.11 Å². The molecular formula is C19H18FN3O2S. The van der Waals surface area contributed by atoms with Crippen LogP contribution in [0.15, 0.2) is 59.8 Å². The van der Waals surface area contributed by atoms with Crippen LogP contribution in [-0.2, 0) is 4.79 Å². The smallest absolute Gasteiger partial charge is 0.255 e. The van der Waals surface area contributed by atoms with Crippen molar-refractivity contribution in [3.63, 3.8) is 0 Å². The molecule has 5 nitrogen and oxygen atoms in total. The summed E-state index contributed by atoms with van der Waals surface area (Å²) in [4.78, 5) is 12.9. The van der Waals surface area contributed by atoms with E-state index >= 15 is 0 Å². The van der Waals surface area contributed by atoms with Gasteiger partial charge in [-0.3, -0.25) is 4.79 Å². The molecule has 3 rings (SSSR count). The van der Waals surface area contributed by atoms with Gasteiger partial charge in [-0.15, -0.1) is 0 Å². The number of anilines is 1. The van der Waals surface area contributed by atoms with Gasteiger partial charge in [0.2, 0.25) is 0 Å². The molecule has 0 aromatic heterocycles. The molecule has 3 N–H and O–H groups in total. The first-order valence-corrected chi connectivity index (χ1v) is 8.38. The van der Waals surface area contributed by atoms with Crippen LogP contribution >= 0.6 is 12.2 Å². The summed E-state index contributed by atoms with van der Waals surface area (Å²) in [5, 5.41) is 9.33. The van der Waals surface area contributed by atoms with Crippen molar-refractivity contribution in [3.05, 3.63) is 71.2 Å². The first-order chi connectivity index (χ1) is 12.5. The number of methoxy groups -OCH3 is 1. The fourth-order valence-corrected chi connectivity index (χ4v) is 3.04. The van der Waals surface area contributed by atoms with Crippen LogP contribution in [0.25, 0.3) is 0 Å². The zero-order chi connectivity index (χ0) is 18.7. The van der Waals surface area contributed by atoms with Crippen molar-refractivity contribution >= 4 is 28.9 Å². The number of ether oxygens (including phenoxy) is 1. The summed E-state index contributed by atoms with van der Waals surface area (Å²) in [5.41, 5.74) is 2.52. The Morgan fingerprint density at radius 1 is 1.15 bits per heavy atom. The highest BCUT2D eigenvalue weighted by molar-refractivity contribution is 7.80. The van der Waals surface area contributed by atoms with Crippen LogP contribution in [0.4, 0.5) is 10.1 Å². The number of carbonyl (C=O) groups is 1. The Morgan fingerprint density at radius 2 is 1.81 bits per heavy atom. The molecule has 2 aromatic rings. The second-order valence-corrected chi connectivity index (χ2v) is 6.21. The molecule has 1 atom stereocenters. The summed E-state index contributed by atoms with van der Waals surface area (Å²) in [5.74, 6) is 0.0913. The van der Waals surface area contributed by atoms with Gasteiger partial charge < -0.3 is 20.7 Å². The molecule has 0 aliphatic carbocycles. The summed E-state index contributed by atoms with van der Waals surface area (Å²) in [6.07, 6.45) is 0. The second-order valence-electron chi connectivity index (χ2n) is 5.80. The first kappa shape index (κ1) is 17.9. The Kier molecular flexibility index (Phi) is 5.18. The normalized spacial score (nSPS) is 16.6. The van der Waals surface area contributed by atoms with Crippen molar-refractivity contribution in [2.45, 2.75) is 13.0 Å². The van der Waals surface area contributed by atoms with Crippen LogP contribution in [0.2, 0.25) is 0 Å². The third-order valence-electron chi connectivity index (χ3n) is 4.06. The Hall–Kier alpha value is -2.93. The van der Waals surface area contributed by atoms with Crippen LogP contribution in [0, 0.1) is 5.82 Å². The Bertz CT molecular complexity index is 863. The third-order valence-corrected chi connectivity index (χ3v) is 4.28. The molecule has 7 heteroatoms. The lowest BCUT2D eigenvalue weighted by molar-refractivity contribution is -0.113. The maximum Gasteiger partial charge on any atom is 0.255 e. The number of rotatable bonds is 4. The number of amides is 1. The zero-order valence-electron chi connectivity index (χ0n) is 14.3. The maximum absolute atomic E-state index is 13.3. The average Bonchev–Trinajstić information content (AvgIpc) is 2.62. The number of nitrogens with one attached hydrogen (secondary N) is 3. The van der Waals surface area contributed by atoms with Gasteiger partial charge in [-0.05, 0) is 61.1 Å². The average molecular weight is 371 g/mol. The number of allylic oxidation sites excluding steroid dienone is 1. The van der Waals surface area contributed by atoms with E-state index in [2.05, 4.69) is 16.0 Å². The Balaban J connectivity index is 1.89. The number of hydrogen-bond donors (Lipinski definition) is 3. The van der Waals surface area contributed by atoms with Crippen LogP contribution in [0.1, 0.15) is 18.5 Å². The summed E-state index contributed by atoms with van der Waals surface area (Å²) in [7, 11) is 1.58. The van der Waals surface area contributed by atoms with Crippen LogP contribution in [0.5, 0.6) is 5.75 Å². The molecule has 0 saturated carbocycles. The zero-order valence-corrected chi connectivity index (χ0v) is 15.1. The van der Waals surface area contributed by atoms with E-state index in [4.69, 9.17) is 17.0 Å². The van der Waals surface area contributed by atoms with E-state index < -0.39 is 6.04 Å². The van der Waals surface area contributed by atoms with Gasteiger partial charge in [0.25, 0.3) is 5.91 Å². The van der Waals surface area contributed by atoms with Gasteiger partial charge in [-0.1, -0.05) is 12.1 Å². The van der Waals surface area contributed by atoms with Gasteiger partial charge in [-0.25, -0.2) is 4.39 Å². The summed E-state index contributed by atoms with van der Waals surface area (Å²) >= 11 is 5.21. The van der Waals surface area contributed by atoms with Crippen molar-refractivity contribution in [1.82, 2.24) is 10.6 Å². The molecule has 1 amide bonds. The van der Waals surface area contributed by atoms with E-state index in [1.54, 1.807) is 50.4 Å². The number of carbonyl (C=O) groups excluding carboxylic acids is 1. The SMILES string of the molecule is COc1ccc(NC(=O)C2=C(C)NC(=S)N[C@H]2c2ccc(F)cc2)cc1. The van der Waals surface area contributed by atoms with E-state index in [1.165, 1.54) is 12.1 Å². The molecular weight excluding hydrogens is 353 g/mol. The molecule has 134 valence electrons. The minimum Gasteiger partial charge on any atom is -0.497 e. The highest BCUT2D eigenvalue weighted by atomic mass is 32.1. The lowest BCUT2D eigenvalue weighted by Gasteiger charge is -2.30. The van der Waals surface area contributed by atoms with Crippen molar-refractivity contribution in [3.8, 4) is 5.75 Å². The van der Waals surface area contributed by atoms with Crippen molar-refractivity contribution < 1.29 is 13.9 Å². The van der Waals surface area contributed by atoms with Crippen LogP contribution in [-0.4, -0.2) is 18.1 Å². The van der Waals surface area contributed by atoms with Crippen molar-refractivity contribution in [2.75, 3.05) is 12.4 Å². The van der Waals surface area contributed by atoms with Crippen molar-refractivity contribution in [2.24, 2.45) is 0 Å². The molecule has 0 saturated heterocycles. The molecule has 2 aromatic carbocycles. The lowest BCUT2D eigenvalue weighted by atomic mass is 9.95. The second kappa shape index (κ2) is 7.53. The van der Waals surface area contributed by atoms with E-state index in [0.717, 1.165) is 5.56 Å². The standard InChI is InChI=1S/C19H18FN3O2S/c1-11-16(18(24)22-14-7-9-15(25-2)10-8-14)17(23-19(26)21-11)12-3-5-13(20)6-4-12/h3-10,17H,1-2H3,(H,22,24)(H2,21,23,26)/t17-/m0/s1. The molecule has 1 heterocycles. The Morgan fingerprint density at radius 3 is 2.42 bits per heavy atom. The Labute approximate surface area is 156 Å². The van der Waals surface area contributed by atoms with Crippen LogP contribution in [0.3, 0.4) is 0 Å². The lowest BCUT2D eigenvalue weighted by Crippen LogP contribution is -2.45. The van der Waals surface area contributed by atoms with E-state index in [9.17, 15) is 9.18 Å². The largest absolute Gasteiger partial charge is 0.497 e. The fourth-order valence-electron chi connectivity index (χ4n) is 2.77. The predicted octanol–water partition coefficient (Wildman–Crippen LogP) is 3.27. The topological polar surface area (TPSA) is 62.4 Å². The van der Waals surface area contributed by atoms with E-state index in [1.807, 2.05) is 0 Å². The summed E-state index contributed by atoms with van der Waals surface area (Å²) in [6.45, 7) is 1.78. The highest BCUT2D eigenvalue weighted by Gasteiger charge is 2.29. The minimum absolute atomic E-state index is 0.274. The van der Waals surface area contributed by atoms with Gasteiger partial charge in [0, 0.05) is 11.4 Å². The maximum atomic E-state index is 13.3. The molecule has 0 unspecified atom stereocenters. The number of thiocarbonyl (C=S) groups is 1. The quantitative estimate of drug-likeness (QED) is 0.720. The van der Waals surface area contributed by atoms with E-state index in [0.29, 0.717) is 27.8 Å². The number of halogens is 1. The van der Waals surface area contributed by atoms with Crippen LogP contribution < -0.4 is 20.7 Å². The molecule has 26 heavy (non-hydrogen) atoms. The summed E-state index contributed by atoms with van der Waals surface area (Å²) in [6, 6.07) is 12.6. The fraction of sp³-hybridized carbons (Fsp3) is 0.158. The molecule has 1 aliphatic heterocycles. The first-order valence-electron chi connectivity index (χ1n) is 7.97. The monoisotopic (exact) mass is 371 g/mol. The van der Waals surface area contributed by atoms with E-state index in [-0.39, 0.29) is 11.7 Å². The predicted molar refractivity (Wildman–Crippen MR) is 102 cm³/mol. The molecule has 0 fully saturated rings. The summed E-state index contributed by atoms with van der Waals surface area (Å²) < 4.78 is 18.4. The molecule has 0 bridgehead atoms. The number of hydrogen-bond acceptors (Lipinski definition) is 3.